The standard InChI is InChI=1S/C18H17ClN2O3/c1-23-10-9-21(18(22)13-5-4-6-14(19)11-13)12-17-20-15-7-2-3-8-16(15)24-17/h2-8,11H,9-10,12H2,1H3. The predicted octanol–water partition coefficient (Wildman–Crippen LogP) is 3.77. The summed E-state index contributed by atoms with van der Waals surface area (Å²) in [5, 5.41) is 0.523. The molecule has 0 saturated carbocycles. The number of fused-ring (bicyclic) bond motifs is 1. The molecule has 6 heteroatoms. The smallest absolute Gasteiger partial charge is 0.254 e. The van der Waals surface area contributed by atoms with Gasteiger partial charge in [-0.1, -0.05) is 29.8 Å². The lowest BCUT2D eigenvalue weighted by Gasteiger charge is -2.21. The molecule has 3 rings (SSSR count). The number of nitrogens with zero attached hydrogens (tertiary/aromatic N) is 2. The fraction of sp³-hybridized carbons (Fsp3) is 0.222. The Kier molecular flexibility index (Phi) is 5.13. The van der Waals surface area contributed by atoms with Gasteiger partial charge < -0.3 is 14.1 Å². The van der Waals surface area contributed by atoms with E-state index < -0.39 is 0 Å². The lowest BCUT2D eigenvalue weighted by Crippen LogP contribution is -2.33. The Bertz CT molecular complexity index is 814. The van der Waals surface area contributed by atoms with Crippen molar-refractivity contribution in [2.45, 2.75) is 6.54 Å². The first-order valence-corrected chi connectivity index (χ1v) is 7.93. The number of benzene rings is 2. The van der Waals surface area contributed by atoms with Crippen molar-refractivity contribution in [3.63, 3.8) is 0 Å². The number of ether oxygens (including phenoxy) is 1. The summed E-state index contributed by atoms with van der Waals surface area (Å²) in [7, 11) is 1.60. The molecule has 0 aliphatic carbocycles. The molecule has 3 aromatic rings. The van der Waals surface area contributed by atoms with Crippen LogP contribution in [0.3, 0.4) is 0 Å². The summed E-state index contributed by atoms with van der Waals surface area (Å²) in [6.07, 6.45) is 0. The number of methoxy groups -OCH3 is 1. The zero-order valence-corrected chi connectivity index (χ0v) is 14.0. The first-order valence-electron chi connectivity index (χ1n) is 7.55. The Morgan fingerprint density at radius 1 is 1.25 bits per heavy atom. The van der Waals surface area contributed by atoms with E-state index in [9.17, 15) is 4.79 Å². The van der Waals surface area contributed by atoms with Gasteiger partial charge >= 0.3 is 0 Å². The normalized spacial score (nSPS) is 10.9. The van der Waals surface area contributed by atoms with Gasteiger partial charge in [0.1, 0.15) is 5.52 Å². The van der Waals surface area contributed by atoms with Crippen LogP contribution in [0.15, 0.2) is 52.9 Å². The number of halogens is 1. The van der Waals surface area contributed by atoms with Crippen LogP contribution in [0.5, 0.6) is 0 Å². The Labute approximate surface area is 144 Å². The maximum atomic E-state index is 12.8. The number of oxazole rings is 1. The second kappa shape index (κ2) is 7.47. The monoisotopic (exact) mass is 344 g/mol. The van der Waals surface area contributed by atoms with Crippen LogP contribution in [0, 0.1) is 0 Å². The highest BCUT2D eigenvalue weighted by Crippen LogP contribution is 2.18. The van der Waals surface area contributed by atoms with Gasteiger partial charge in [-0.05, 0) is 30.3 Å². The highest BCUT2D eigenvalue weighted by molar-refractivity contribution is 6.30. The molecule has 2 aromatic carbocycles. The largest absolute Gasteiger partial charge is 0.439 e. The van der Waals surface area contributed by atoms with Gasteiger partial charge in [0.2, 0.25) is 5.89 Å². The second-order valence-electron chi connectivity index (χ2n) is 5.31. The number of carbonyl (C=O) groups is 1. The molecule has 1 aromatic heterocycles. The summed E-state index contributed by atoms with van der Waals surface area (Å²) in [5.74, 6) is 0.347. The van der Waals surface area contributed by atoms with E-state index in [0.717, 1.165) is 5.52 Å². The number of rotatable bonds is 6. The van der Waals surface area contributed by atoms with Crippen LogP contribution in [0.2, 0.25) is 5.02 Å². The van der Waals surface area contributed by atoms with Gasteiger partial charge in [-0.3, -0.25) is 4.79 Å². The van der Waals surface area contributed by atoms with Crippen LogP contribution in [-0.4, -0.2) is 36.1 Å². The average Bonchev–Trinajstić information content (AvgIpc) is 3.00. The zero-order chi connectivity index (χ0) is 16.9. The van der Waals surface area contributed by atoms with Crippen LogP contribution in [0.25, 0.3) is 11.1 Å². The molecule has 124 valence electrons. The van der Waals surface area contributed by atoms with Crippen molar-refractivity contribution in [1.29, 1.82) is 0 Å². The van der Waals surface area contributed by atoms with Crippen LogP contribution in [0.4, 0.5) is 0 Å². The maximum Gasteiger partial charge on any atom is 0.254 e. The van der Waals surface area contributed by atoms with E-state index in [1.807, 2.05) is 24.3 Å². The van der Waals surface area contributed by atoms with Gasteiger partial charge in [0.25, 0.3) is 5.91 Å². The van der Waals surface area contributed by atoms with E-state index in [0.29, 0.717) is 35.2 Å². The Morgan fingerprint density at radius 3 is 2.83 bits per heavy atom. The molecule has 1 heterocycles. The fourth-order valence-electron chi connectivity index (χ4n) is 2.41. The topological polar surface area (TPSA) is 55.6 Å². The van der Waals surface area contributed by atoms with E-state index in [1.54, 1.807) is 36.3 Å². The average molecular weight is 345 g/mol. The summed E-state index contributed by atoms with van der Waals surface area (Å²) in [6, 6.07) is 14.4. The molecule has 0 unspecified atom stereocenters. The molecule has 0 N–H and O–H groups in total. The molecular formula is C18H17ClN2O3. The third kappa shape index (κ3) is 3.75. The van der Waals surface area contributed by atoms with Crippen molar-refractivity contribution < 1.29 is 13.9 Å². The van der Waals surface area contributed by atoms with Crippen molar-refractivity contribution in [1.82, 2.24) is 9.88 Å². The van der Waals surface area contributed by atoms with Crippen molar-refractivity contribution in [2.75, 3.05) is 20.3 Å². The number of hydrogen-bond donors (Lipinski definition) is 0. The molecule has 0 atom stereocenters. The van der Waals surface area contributed by atoms with Crippen LogP contribution < -0.4 is 0 Å². The van der Waals surface area contributed by atoms with Crippen molar-refractivity contribution in [3.05, 3.63) is 65.0 Å². The van der Waals surface area contributed by atoms with Gasteiger partial charge in [-0.25, -0.2) is 4.98 Å². The predicted molar refractivity (Wildman–Crippen MR) is 92.1 cm³/mol. The lowest BCUT2D eigenvalue weighted by atomic mass is 10.2. The molecule has 0 radical (unpaired) electrons. The van der Waals surface area contributed by atoms with E-state index in [4.69, 9.17) is 20.8 Å². The quantitative estimate of drug-likeness (QED) is 0.683. The summed E-state index contributed by atoms with van der Waals surface area (Å²) >= 11 is 5.99. The first-order chi connectivity index (χ1) is 11.7. The summed E-state index contributed by atoms with van der Waals surface area (Å²) in [6.45, 7) is 1.12. The van der Waals surface area contributed by atoms with Crippen molar-refractivity contribution in [2.24, 2.45) is 0 Å². The second-order valence-corrected chi connectivity index (χ2v) is 5.74. The highest BCUT2D eigenvalue weighted by atomic mass is 35.5. The Morgan fingerprint density at radius 2 is 2.08 bits per heavy atom. The van der Waals surface area contributed by atoms with Crippen LogP contribution in [-0.2, 0) is 11.3 Å². The minimum atomic E-state index is -0.142. The number of carbonyl (C=O) groups excluding carboxylic acids is 1. The summed E-state index contributed by atoms with van der Waals surface area (Å²) in [5.41, 5.74) is 2.00. The van der Waals surface area contributed by atoms with E-state index in [2.05, 4.69) is 4.98 Å². The number of amides is 1. The maximum absolute atomic E-state index is 12.8. The van der Waals surface area contributed by atoms with Crippen molar-refractivity contribution >= 4 is 28.6 Å². The Hall–Kier alpha value is -2.37. The molecule has 0 spiro atoms. The molecule has 1 amide bonds. The first kappa shape index (κ1) is 16.5. The van der Waals surface area contributed by atoms with Gasteiger partial charge in [0, 0.05) is 24.2 Å². The molecule has 0 aliphatic rings. The number of aromatic nitrogens is 1. The fourth-order valence-corrected chi connectivity index (χ4v) is 2.60. The van der Waals surface area contributed by atoms with Gasteiger partial charge in [0.05, 0.1) is 13.2 Å². The van der Waals surface area contributed by atoms with Crippen LogP contribution >= 0.6 is 11.6 Å². The molecule has 0 bridgehead atoms. The van der Waals surface area contributed by atoms with Gasteiger partial charge in [-0.2, -0.15) is 0 Å². The van der Waals surface area contributed by atoms with Gasteiger partial charge in [-0.15, -0.1) is 0 Å². The third-order valence-corrected chi connectivity index (χ3v) is 3.82. The molecule has 5 nitrogen and oxygen atoms in total. The third-order valence-electron chi connectivity index (χ3n) is 3.59. The van der Waals surface area contributed by atoms with E-state index in [1.165, 1.54) is 0 Å². The Balaban J connectivity index is 1.84. The lowest BCUT2D eigenvalue weighted by molar-refractivity contribution is 0.0664. The number of hydrogen-bond acceptors (Lipinski definition) is 4. The molecule has 0 fully saturated rings. The molecule has 0 aliphatic heterocycles. The molecule has 0 saturated heterocycles. The van der Waals surface area contributed by atoms with Gasteiger partial charge in [0.15, 0.2) is 5.58 Å². The minimum absolute atomic E-state index is 0.142. The van der Waals surface area contributed by atoms with E-state index in [-0.39, 0.29) is 12.5 Å². The summed E-state index contributed by atoms with van der Waals surface area (Å²) < 4.78 is 10.8. The minimum Gasteiger partial charge on any atom is -0.439 e. The summed E-state index contributed by atoms with van der Waals surface area (Å²) in [4.78, 5) is 18.8. The van der Waals surface area contributed by atoms with Crippen LogP contribution in [0.1, 0.15) is 16.2 Å². The SMILES string of the molecule is COCCN(Cc1nc2ccccc2o1)C(=O)c1cccc(Cl)c1. The van der Waals surface area contributed by atoms with Crippen molar-refractivity contribution in [3.8, 4) is 0 Å². The number of para-hydroxylation sites is 2. The molecular weight excluding hydrogens is 328 g/mol. The zero-order valence-electron chi connectivity index (χ0n) is 13.2. The molecule has 24 heavy (non-hydrogen) atoms. The van der Waals surface area contributed by atoms with E-state index >= 15 is 0 Å². The highest BCUT2D eigenvalue weighted by Gasteiger charge is 2.19.